The summed E-state index contributed by atoms with van der Waals surface area (Å²) in [4.78, 5) is 19.7. The zero-order valence-electron chi connectivity index (χ0n) is 16.8. The summed E-state index contributed by atoms with van der Waals surface area (Å²) in [5.41, 5.74) is 2.41. The number of amides is 1. The van der Waals surface area contributed by atoms with E-state index < -0.39 is 5.54 Å². The van der Waals surface area contributed by atoms with Gasteiger partial charge < -0.3 is 14.2 Å². The first-order chi connectivity index (χ1) is 13.4. The van der Waals surface area contributed by atoms with Gasteiger partial charge in [-0.3, -0.25) is 10.1 Å². The topological polar surface area (TPSA) is 59.4 Å². The fourth-order valence-electron chi connectivity index (χ4n) is 4.11. The van der Waals surface area contributed by atoms with Crippen molar-refractivity contribution in [3.05, 3.63) is 54.4 Å². The van der Waals surface area contributed by atoms with Crippen LogP contribution in [0.25, 0.3) is 11.0 Å². The van der Waals surface area contributed by atoms with Gasteiger partial charge in [0.15, 0.2) is 0 Å². The summed E-state index contributed by atoms with van der Waals surface area (Å²) in [5, 5.41) is 3.54. The molecule has 0 spiro atoms. The number of ether oxygens (including phenoxy) is 1. The van der Waals surface area contributed by atoms with Crippen LogP contribution in [0.15, 0.2) is 48.5 Å². The molecule has 2 aromatic carbocycles. The number of carbonyl (C=O) groups is 1. The molecule has 1 fully saturated rings. The Morgan fingerprint density at radius 1 is 1.14 bits per heavy atom. The molecule has 1 saturated heterocycles. The number of nitrogens with zero attached hydrogens (tertiary/aromatic N) is 3. The molecule has 0 aliphatic carbocycles. The normalized spacial score (nSPS) is 17.5. The Morgan fingerprint density at radius 2 is 1.86 bits per heavy atom. The summed E-state index contributed by atoms with van der Waals surface area (Å²) >= 11 is 0. The van der Waals surface area contributed by atoms with Crippen molar-refractivity contribution >= 4 is 22.6 Å². The minimum atomic E-state index is -0.453. The molecule has 1 amide bonds. The van der Waals surface area contributed by atoms with Gasteiger partial charge in [0.2, 0.25) is 5.91 Å². The first-order valence-corrected chi connectivity index (χ1v) is 9.56. The first kappa shape index (κ1) is 18.5. The Labute approximate surface area is 165 Å². The third kappa shape index (κ3) is 3.03. The average molecular weight is 378 g/mol. The number of rotatable bonds is 5. The van der Waals surface area contributed by atoms with Crippen LogP contribution in [0.4, 0.5) is 5.69 Å². The van der Waals surface area contributed by atoms with Gasteiger partial charge in [-0.25, -0.2) is 4.98 Å². The van der Waals surface area contributed by atoms with Crippen molar-refractivity contribution in [2.24, 2.45) is 7.05 Å². The maximum Gasteiger partial charge on any atom is 0.244 e. The monoisotopic (exact) mass is 378 g/mol. The maximum absolute atomic E-state index is 13.1. The number of carbonyl (C=O) groups excluding carboxylic acids is 1. The van der Waals surface area contributed by atoms with Crippen LogP contribution in [0.3, 0.4) is 0 Å². The molecule has 146 valence electrons. The quantitative estimate of drug-likeness (QED) is 0.741. The van der Waals surface area contributed by atoms with Crippen molar-refractivity contribution < 1.29 is 9.53 Å². The van der Waals surface area contributed by atoms with Crippen molar-refractivity contribution in [3.8, 4) is 5.75 Å². The lowest BCUT2D eigenvalue weighted by atomic mass is 10.0. The van der Waals surface area contributed by atoms with Gasteiger partial charge in [0.25, 0.3) is 0 Å². The molecule has 1 atom stereocenters. The van der Waals surface area contributed by atoms with E-state index >= 15 is 0 Å². The summed E-state index contributed by atoms with van der Waals surface area (Å²) in [7, 11) is 3.65. The van der Waals surface area contributed by atoms with Crippen molar-refractivity contribution in [2.75, 3.05) is 18.6 Å². The van der Waals surface area contributed by atoms with Gasteiger partial charge in [-0.2, -0.15) is 0 Å². The van der Waals surface area contributed by atoms with Crippen LogP contribution in [0.5, 0.6) is 5.75 Å². The summed E-state index contributed by atoms with van der Waals surface area (Å²) in [5.74, 6) is 1.69. The van der Waals surface area contributed by atoms with E-state index in [0.717, 1.165) is 29.0 Å². The van der Waals surface area contributed by atoms with E-state index in [0.29, 0.717) is 12.3 Å². The lowest BCUT2D eigenvalue weighted by Crippen LogP contribution is -2.48. The lowest BCUT2D eigenvalue weighted by molar-refractivity contribution is -0.119. The molecular weight excluding hydrogens is 352 g/mol. The molecule has 1 aliphatic rings. The molecule has 1 unspecified atom stereocenters. The molecule has 6 heteroatoms. The smallest absolute Gasteiger partial charge is 0.244 e. The summed E-state index contributed by atoms with van der Waals surface area (Å²) < 4.78 is 7.53. The van der Waals surface area contributed by atoms with Crippen LogP contribution in [0.2, 0.25) is 0 Å². The molecule has 6 nitrogen and oxygen atoms in total. The third-order valence-corrected chi connectivity index (χ3v) is 5.46. The molecule has 0 radical (unpaired) electrons. The van der Waals surface area contributed by atoms with Gasteiger partial charge in [-0.1, -0.05) is 24.3 Å². The Kier molecular flexibility index (Phi) is 4.59. The highest BCUT2D eigenvalue weighted by Gasteiger charge is 2.38. The number of aryl methyl sites for hydroxylation is 1. The first-order valence-electron chi connectivity index (χ1n) is 9.56. The maximum atomic E-state index is 13.1. The second-order valence-electron chi connectivity index (χ2n) is 7.76. The van der Waals surface area contributed by atoms with Gasteiger partial charge in [-0.05, 0) is 44.5 Å². The van der Waals surface area contributed by atoms with Gasteiger partial charge in [0.05, 0.1) is 35.4 Å². The van der Waals surface area contributed by atoms with Crippen LogP contribution in [0, 0.1) is 0 Å². The molecule has 1 aromatic heterocycles. The van der Waals surface area contributed by atoms with Crippen molar-refractivity contribution in [1.29, 1.82) is 0 Å². The lowest BCUT2D eigenvalue weighted by Gasteiger charge is -2.29. The van der Waals surface area contributed by atoms with Crippen LogP contribution in [-0.4, -0.2) is 35.2 Å². The number of para-hydroxylation sites is 4. The number of nitrogens with one attached hydrogen (secondary N) is 1. The van der Waals surface area contributed by atoms with Crippen molar-refractivity contribution in [2.45, 2.75) is 31.8 Å². The Balaban J connectivity index is 1.58. The molecule has 1 aliphatic heterocycles. The summed E-state index contributed by atoms with van der Waals surface area (Å²) in [6.45, 7) is 4.82. The highest BCUT2D eigenvalue weighted by Crippen LogP contribution is 2.32. The molecule has 2 heterocycles. The minimum absolute atomic E-state index is 0.0661. The molecule has 3 aromatic rings. The van der Waals surface area contributed by atoms with E-state index in [1.54, 1.807) is 7.11 Å². The number of benzene rings is 2. The fourth-order valence-corrected chi connectivity index (χ4v) is 4.11. The van der Waals surface area contributed by atoms with Gasteiger partial charge in [0.1, 0.15) is 11.6 Å². The molecule has 4 rings (SSSR count). The van der Waals surface area contributed by atoms with Crippen molar-refractivity contribution in [1.82, 2.24) is 14.9 Å². The summed E-state index contributed by atoms with van der Waals surface area (Å²) in [6.07, 6.45) is 0.740. The predicted octanol–water partition coefficient (Wildman–Crippen LogP) is 3.21. The average Bonchev–Trinajstić information content (AvgIpc) is 3.22. The zero-order valence-corrected chi connectivity index (χ0v) is 16.8. The molecule has 28 heavy (non-hydrogen) atoms. The highest BCUT2D eigenvalue weighted by atomic mass is 16.5. The number of hydrogen-bond acceptors (Lipinski definition) is 4. The zero-order chi connectivity index (χ0) is 19.9. The van der Waals surface area contributed by atoms with E-state index in [1.807, 2.05) is 54.4 Å². The van der Waals surface area contributed by atoms with Crippen molar-refractivity contribution in [3.63, 3.8) is 0 Å². The predicted molar refractivity (Wildman–Crippen MR) is 111 cm³/mol. The third-order valence-electron chi connectivity index (χ3n) is 5.46. The Bertz CT molecular complexity index is 1020. The minimum Gasteiger partial charge on any atom is -0.495 e. The van der Waals surface area contributed by atoms with E-state index in [2.05, 4.69) is 29.8 Å². The molecule has 1 N–H and O–H groups in total. The number of methoxy groups -OCH3 is 1. The largest absolute Gasteiger partial charge is 0.495 e. The molecular formula is C22H26N4O2. The molecule has 0 saturated carbocycles. The number of hydrogen-bond donors (Lipinski definition) is 1. The highest BCUT2D eigenvalue weighted by molar-refractivity contribution is 6.00. The number of fused-ring (bicyclic) bond motifs is 1. The molecule has 0 bridgehead atoms. The Hall–Kier alpha value is -2.86. The second kappa shape index (κ2) is 6.95. The van der Waals surface area contributed by atoms with Crippen LogP contribution in [-0.2, 0) is 17.4 Å². The van der Waals surface area contributed by atoms with E-state index in [4.69, 9.17) is 9.72 Å². The number of anilines is 1. The SMILES string of the molecule is COc1ccccc1N1CCC(NC(C)(C)c2nc3ccccc3n2C)C1=O. The number of aromatic nitrogens is 2. The van der Waals surface area contributed by atoms with Gasteiger partial charge in [0, 0.05) is 13.6 Å². The van der Waals surface area contributed by atoms with E-state index in [9.17, 15) is 4.79 Å². The van der Waals surface area contributed by atoms with E-state index in [-0.39, 0.29) is 11.9 Å². The van der Waals surface area contributed by atoms with Crippen LogP contribution >= 0.6 is 0 Å². The van der Waals surface area contributed by atoms with Crippen LogP contribution < -0.4 is 15.0 Å². The standard InChI is InChI=1S/C22H26N4O2/c1-22(2,21-23-15-9-5-6-10-17(15)25(21)3)24-16-13-14-26(20(16)27)18-11-7-8-12-19(18)28-4/h5-12,16,24H,13-14H2,1-4H3. The van der Waals surface area contributed by atoms with Gasteiger partial charge >= 0.3 is 0 Å². The Morgan fingerprint density at radius 3 is 2.61 bits per heavy atom. The van der Waals surface area contributed by atoms with E-state index in [1.165, 1.54) is 0 Å². The summed E-state index contributed by atoms with van der Waals surface area (Å²) in [6, 6.07) is 15.5. The van der Waals surface area contributed by atoms with Crippen LogP contribution in [0.1, 0.15) is 26.1 Å². The van der Waals surface area contributed by atoms with Gasteiger partial charge in [-0.15, -0.1) is 0 Å². The number of imidazole rings is 1. The fraction of sp³-hybridized carbons (Fsp3) is 0.364. The second-order valence-corrected chi connectivity index (χ2v) is 7.76.